The van der Waals surface area contributed by atoms with E-state index in [4.69, 9.17) is 0 Å². The number of hydrogen-bond acceptors (Lipinski definition) is 5. The van der Waals surface area contributed by atoms with Crippen molar-refractivity contribution in [3.05, 3.63) is 30.3 Å². The predicted octanol–water partition coefficient (Wildman–Crippen LogP) is 3.09. The molecule has 0 aliphatic carbocycles. The zero-order chi connectivity index (χ0) is 17.1. The van der Waals surface area contributed by atoms with Crippen LogP contribution in [0.3, 0.4) is 0 Å². The van der Waals surface area contributed by atoms with Crippen molar-refractivity contribution in [2.75, 3.05) is 43.1 Å². The average Bonchev–Trinajstić information content (AvgIpc) is 3.35. The lowest BCUT2D eigenvalue weighted by Gasteiger charge is -2.36. The molecule has 1 amide bonds. The molecule has 28 heavy (non-hydrogen) atoms. The summed E-state index contributed by atoms with van der Waals surface area (Å²) in [5, 5.41) is 7.12. The van der Waals surface area contributed by atoms with Crippen molar-refractivity contribution in [1.29, 1.82) is 0 Å². The number of piperidine rings is 1. The first kappa shape index (κ1) is 25.7. The number of rotatable bonds is 4. The molecule has 0 spiro atoms. The molecule has 3 aliphatic rings. The van der Waals surface area contributed by atoms with Gasteiger partial charge < -0.3 is 15.5 Å². The Morgan fingerprint density at radius 1 is 1.07 bits per heavy atom. The highest BCUT2D eigenvalue weighted by Crippen LogP contribution is 2.23. The number of amides is 1. The van der Waals surface area contributed by atoms with Gasteiger partial charge in [0.2, 0.25) is 5.91 Å². The molecule has 0 radical (unpaired) electrons. The van der Waals surface area contributed by atoms with Gasteiger partial charge in [0.25, 0.3) is 0 Å². The van der Waals surface area contributed by atoms with Gasteiger partial charge in [-0.05, 0) is 31.4 Å². The van der Waals surface area contributed by atoms with E-state index in [1.165, 1.54) is 18.5 Å². The van der Waals surface area contributed by atoms with Crippen molar-refractivity contribution in [3.63, 3.8) is 0 Å². The van der Waals surface area contributed by atoms with E-state index >= 15 is 0 Å². The minimum Gasteiger partial charge on any atom is -0.382 e. The second-order valence-electron chi connectivity index (χ2n) is 7.31. The molecule has 0 aromatic heterocycles. The highest BCUT2D eigenvalue weighted by molar-refractivity contribution is 7.99. The minimum absolute atomic E-state index is 0. The van der Waals surface area contributed by atoms with Crippen LogP contribution < -0.4 is 10.6 Å². The van der Waals surface area contributed by atoms with E-state index in [1.54, 1.807) is 0 Å². The Morgan fingerprint density at radius 2 is 1.79 bits per heavy atom. The van der Waals surface area contributed by atoms with Crippen molar-refractivity contribution in [2.24, 2.45) is 0 Å². The predicted molar refractivity (Wildman–Crippen MR) is 126 cm³/mol. The fourth-order valence-electron chi connectivity index (χ4n) is 4.17. The van der Waals surface area contributed by atoms with Crippen LogP contribution in [0.5, 0.6) is 0 Å². The van der Waals surface area contributed by atoms with Crippen LogP contribution in [0.1, 0.15) is 19.3 Å². The molecule has 2 N–H and O–H groups in total. The molecule has 0 saturated carbocycles. The molecule has 3 aliphatic heterocycles. The van der Waals surface area contributed by atoms with Gasteiger partial charge in [-0.25, -0.2) is 0 Å². The van der Waals surface area contributed by atoms with Crippen LogP contribution in [0.2, 0.25) is 0 Å². The lowest BCUT2D eigenvalue weighted by atomic mass is 10.0. The number of nitrogens with zero attached hydrogens (tertiary/aromatic N) is 2. The summed E-state index contributed by atoms with van der Waals surface area (Å²) < 4.78 is 0. The lowest BCUT2D eigenvalue weighted by molar-refractivity contribution is -0.131. The molecule has 0 bridgehead atoms. The van der Waals surface area contributed by atoms with Gasteiger partial charge in [-0.1, -0.05) is 18.2 Å². The standard InChI is InChI=1S/C19H28N4OS.3ClH/c24-19(23-10-11-25-14-23)18-12-17(13-20-18)22-8-6-16(7-9-22)21-15-4-2-1-3-5-15;;;/h1-5,16-18,20-21H,6-14H2;3*1H/t17-,18-;;;/m0.../s1. The zero-order valence-electron chi connectivity index (χ0n) is 15.9. The summed E-state index contributed by atoms with van der Waals surface area (Å²) in [6, 6.07) is 11.6. The van der Waals surface area contributed by atoms with Crippen LogP contribution in [-0.2, 0) is 4.79 Å². The van der Waals surface area contributed by atoms with Gasteiger partial charge in [0.15, 0.2) is 0 Å². The molecular formula is C19H31Cl3N4OS. The van der Waals surface area contributed by atoms with Gasteiger partial charge in [0, 0.05) is 49.7 Å². The van der Waals surface area contributed by atoms with Crippen LogP contribution in [0.4, 0.5) is 5.69 Å². The Kier molecular flexibility index (Phi) is 11.3. The molecule has 3 heterocycles. The first-order valence-electron chi connectivity index (χ1n) is 9.45. The van der Waals surface area contributed by atoms with E-state index in [0.717, 1.165) is 44.2 Å². The molecule has 4 rings (SSSR count). The van der Waals surface area contributed by atoms with E-state index in [2.05, 4.69) is 45.9 Å². The molecular weight excluding hydrogens is 439 g/mol. The summed E-state index contributed by atoms with van der Waals surface area (Å²) >= 11 is 1.86. The SMILES string of the molecule is Cl.Cl.Cl.O=C([C@@H]1C[C@H](N2CCC(Nc3ccccc3)CC2)CN1)N1CCSC1. The Balaban J connectivity index is 0.00000131. The number of carbonyl (C=O) groups excluding carboxylic acids is 1. The summed E-state index contributed by atoms with van der Waals surface area (Å²) in [5.41, 5.74) is 1.22. The molecule has 5 nitrogen and oxygen atoms in total. The van der Waals surface area contributed by atoms with Crippen molar-refractivity contribution in [1.82, 2.24) is 15.1 Å². The summed E-state index contributed by atoms with van der Waals surface area (Å²) in [5.74, 6) is 2.27. The fourth-order valence-corrected chi connectivity index (χ4v) is 5.13. The Labute approximate surface area is 191 Å². The fraction of sp³-hybridized carbons (Fsp3) is 0.632. The molecule has 2 atom stereocenters. The van der Waals surface area contributed by atoms with Gasteiger partial charge in [-0.2, -0.15) is 0 Å². The van der Waals surface area contributed by atoms with Crippen molar-refractivity contribution in [2.45, 2.75) is 37.4 Å². The molecule has 1 aromatic carbocycles. The summed E-state index contributed by atoms with van der Waals surface area (Å²) in [7, 11) is 0. The highest BCUT2D eigenvalue weighted by Gasteiger charge is 2.36. The third kappa shape index (κ3) is 6.31. The lowest BCUT2D eigenvalue weighted by Crippen LogP contribution is -2.45. The van der Waals surface area contributed by atoms with E-state index in [1.807, 2.05) is 16.7 Å². The monoisotopic (exact) mass is 468 g/mol. The normalized spacial score (nSPS) is 25.4. The Bertz CT molecular complexity index is 584. The van der Waals surface area contributed by atoms with Gasteiger partial charge in [-0.15, -0.1) is 49.0 Å². The van der Waals surface area contributed by atoms with Gasteiger partial charge in [0.05, 0.1) is 11.9 Å². The van der Waals surface area contributed by atoms with Crippen LogP contribution in [0, 0.1) is 0 Å². The van der Waals surface area contributed by atoms with Crippen LogP contribution in [0.25, 0.3) is 0 Å². The van der Waals surface area contributed by atoms with Crippen LogP contribution in [-0.4, -0.2) is 71.6 Å². The van der Waals surface area contributed by atoms with E-state index in [9.17, 15) is 4.79 Å². The molecule has 160 valence electrons. The van der Waals surface area contributed by atoms with Gasteiger partial charge >= 0.3 is 0 Å². The maximum absolute atomic E-state index is 12.6. The highest BCUT2D eigenvalue weighted by atomic mass is 35.5. The van der Waals surface area contributed by atoms with Crippen molar-refractivity contribution < 1.29 is 4.79 Å². The maximum Gasteiger partial charge on any atom is 0.240 e. The number of carbonyl (C=O) groups is 1. The van der Waals surface area contributed by atoms with Gasteiger partial charge in [0.1, 0.15) is 0 Å². The summed E-state index contributed by atoms with van der Waals surface area (Å²) in [4.78, 5) is 17.2. The number of likely N-dealkylation sites (tertiary alicyclic amines) is 1. The van der Waals surface area contributed by atoms with Gasteiger partial charge in [-0.3, -0.25) is 9.69 Å². The molecule has 9 heteroatoms. The van der Waals surface area contributed by atoms with Crippen LogP contribution in [0.15, 0.2) is 30.3 Å². The first-order chi connectivity index (χ1) is 12.3. The number of benzene rings is 1. The number of anilines is 1. The second kappa shape index (κ2) is 12.4. The third-order valence-electron chi connectivity index (χ3n) is 5.66. The van der Waals surface area contributed by atoms with Crippen molar-refractivity contribution >= 4 is 60.6 Å². The van der Waals surface area contributed by atoms with E-state index in [0.29, 0.717) is 18.0 Å². The van der Waals surface area contributed by atoms with Crippen molar-refractivity contribution in [3.8, 4) is 0 Å². The van der Waals surface area contributed by atoms with Crippen LogP contribution >= 0.6 is 49.0 Å². The largest absolute Gasteiger partial charge is 0.382 e. The molecule has 1 aromatic rings. The number of hydrogen-bond donors (Lipinski definition) is 2. The minimum atomic E-state index is 0. The molecule has 3 saturated heterocycles. The summed E-state index contributed by atoms with van der Waals surface area (Å²) in [6.45, 7) is 4.12. The number of para-hydroxylation sites is 1. The molecule has 3 fully saturated rings. The second-order valence-corrected chi connectivity index (χ2v) is 8.38. The number of halogens is 3. The smallest absolute Gasteiger partial charge is 0.240 e. The zero-order valence-corrected chi connectivity index (χ0v) is 19.2. The third-order valence-corrected chi connectivity index (χ3v) is 6.63. The average molecular weight is 470 g/mol. The number of thioether (sulfide) groups is 1. The Hall–Kier alpha value is -0.370. The number of nitrogens with one attached hydrogen (secondary N) is 2. The maximum atomic E-state index is 12.6. The van der Waals surface area contributed by atoms with E-state index in [-0.39, 0.29) is 43.3 Å². The Morgan fingerprint density at radius 3 is 2.43 bits per heavy atom. The summed E-state index contributed by atoms with van der Waals surface area (Å²) in [6.07, 6.45) is 3.32. The van der Waals surface area contributed by atoms with E-state index < -0.39 is 0 Å². The first-order valence-corrected chi connectivity index (χ1v) is 10.6. The quantitative estimate of drug-likeness (QED) is 0.709. The topological polar surface area (TPSA) is 47.6 Å². The molecule has 0 unspecified atom stereocenters.